The standard InChI is InChI=1S/C20H29NO4/c1-5-15-6-8-20(9-7-15,19(23)24)21-18(22)12-17-13(2)10-16(25-4)11-14(17)3/h10-11,15H,5-9,12H2,1-4H3,(H,21,22)(H,23,24). The molecule has 1 aromatic carbocycles. The van der Waals surface area contributed by atoms with Crippen LogP contribution >= 0.6 is 0 Å². The van der Waals surface area contributed by atoms with E-state index in [1.807, 2.05) is 26.0 Å². The number of hydrogen-bond donors (Lipinski definition) is 2. The fraction of sp³-hybridized carbons (Fsp3) is 0.600. The van der Waals surface area contributed by atoms with Gasteiger partial charge in [-0.15, -0.1) is 0 Å². The molecule has 0 bridgehead atoms. The fourth-order valence-electron chi connectivity index (χ4n) is 3.79. The van der Waals surface area contributed by atoms with Gasteiger partial charge in [0.1, 0.15) is 11.3 Å². The summed E-state index contributed by atoms with van der Waals surface area (Å²) in [5.74, 6) is 0.182. The van der Waals surface area contributed by atoms with Gasteiger partial charge < -0.3 is 15.2 Å². The van der Waals surface area contributed by atoms with Crippen molar-refractivity contribution in [2.45, 2.75) is 64.8 Å². The normalized spacial score (nSPS) is 23.1. The number of nitrogens with one attached hydrogen (secondary N) is 1. The predicted octanol–water partition coefficient (Wildman–Crippen LogP) is 3.39. The van der Waals surface area contributed by atoms with Gasteiger partial charge in [-0.25, -0.2) is 4.79 Å². The van der Waals surface area contributed by atoms with Crippen molar-refractivity contribution in [1.29, 1.82) is 0 Å². The van der Waals surface area contributed by atoms with Gasteiger partial charge in [-0.2, -0.15) is 0 Å². The van der Waals surface area contributed by atoms with Crippen LogP contribution < -0.4 is 10.1 Å². The average Bonchev–Trinajstić information content (AvgIpc) is 2.58. The lowest BCUT2D eigenvalue weighted by molar-refractivity contribution is -0.149. The lowest BCUT2D eigenvalue weighted by Crippen LogP contribution is -2.56. The van der Waals surface area contributed by atoms with E-state index in [0.29, 0.717) is 18.8 Å². The molecule has 1 amide bonds. The van der Waals surface area contributed by atoms with Crippen LogP contribution in [0.25, 0.3) is 0 Å². The Morgan fingerprint density at radius 2 is 1.80 bits per heavy atom. The molecule has 138 valence electrons. The van der Waals surface area contributed by atoms with Crippen molar-refractivity contribution in [3.05, 3.63) is 28.8 Å². The first kappa shape index (κ1) is 19.3. The molecule has 0 radical (unpaired) electrons. The maximum atomic E-state index is 12.6. The number of carboxylic acids is 1. The lowest BCUT2D eigenvalue weighted by atomic mass is 9.75. The largest absolute Gasteiger partial charge is 0.497 e. The van der Waals surface area contributed by atoms with Gasteiger partial charge in [-0.3, -0.25) is 4.79 Å². The van der Waals surface area contributed by atoms with E-state index in [4.69, 9.17) is 4.74 Å². The molecule has 0 unspecified atom stereocenters. The quantitative estimate of drug-likeness (QED) is 0.827. The van der Waals surface area contributed by atoms with Crippen molar-refractivity contribution < 1.29 is 19.4 Å². The van der Waals surface area contributed by atoms with Crippen LogP contribution in [0, 0.1) is 19.8 Å². The molecular weight excluding hydrogens is 318 g/mol. The smallest absolute Gasteiger partial charge is 0.329 e. The van der Waals surface area contributed by atoms with E-state index in [9.17, 15) is 14.7 Å². The first-order valence-corrected chi connectivity index (χ1v) is 8.99. The van der Waals surface area contributed by atoms with Crippen molar-refractivity contribution in [3.63, 3.8) is 0 Å². The summed E-state index contributed by atoms with van der Waals surface area (Å²) in [6.07, 6.45) is 3.97. The van der Waals surface area contributed by atoms with E-state index < -0.39 is 11.5 Å². The zero-order chi connectivity index (χ0) is 18.6. The summed E-state index contributed by atoms with van der Waals surface area (Å²) < 4.78 is 5.25. The Morgan fingerprint density at radius 1 is 1.24 bits per heavy atom. The number of rotatable bonds is 6. The van der Waals surface area contributed by atoms with E-state index in [0.717, 1.165) is 41.7 Å². The third-order valence-corrected chi connectivity index (χ3v) is 5.57. The van der Waals surface area contributed by atoms with E-state index in [1.165, 1.54) is 0 Å². The number of methoxy groups -OCH3 is 1. The molecule has 1 aliphatic carbocycles. The maximum Gasteiger partial charge on any atom is 0.329 e. The molecule has 0 aliphatic heterocycles. The zero-order valence-corrected chi connectivity index (χ0v) is 15.6. The Morgan fingerprint density at radius 3 is 2.24 bits per heavy atom. The van der Waals surface area contributed by atoms with Gasteiger partial charge in [0, 0.05) is 0 Å². The number of hydrogen-bond acceptors (Lipinski definition) is 3. The SMILES string of the molecule is CCC1CCC(NC(=O)Cc2c(C)cc(OC)cc2C)(C(=O)O)CC1. The van der Waals surface area contributed by atoms with Gasteiger partial charge in [0.2, 0.25) is 5.91 Å². The maximum absolute atomic E-state index is 12.6. The molecule has 5 nitrogen and oxygen atoms in total. The van der Waals surface area contributed by atoms with Gasteiger partial charge in [0.05, 0.1) is 13.5 Å². The highest BCUT2D eigenvalue weighted by Gasteiger charge is 2.42. The Balaban J connectivity index is 2.12. The molecule has 1 aliphatic rings. The summed E-state index contributed by atoms with van der Waals surface area (Å²) in [6.45, 7) is 6.02. The van der Waals surface area contributed by atoms with Crippen LogP contribution in [-0.2, 0) is 16.0 Å². The topological polar surface area (TPSA) is 75.6 Å². The van der Waals surface area contributed by atoms with Crippen LogP contribution in [0.4, 0.5) is 0 Å². The fourth-order valence-corrected chi connectivity index (χ4v) is 3.79. The minimum absolute atomic E-state index is 0.188. The second-order valence-corrected chi connectivity index (χ2v) is 7.20. The molecule has 2 N–H and O–H groups in total. The number of carbonyl (C=O) groups is 2. The van der Waals surface area contributed by atoms with Crippen LogP contribution in [0.1, 0.15) is 55.7 Å². The number of ether oxygens (including phenoxy) is 1. The predicted molar refractivity (Wildman–Crippen MR) is 96.9 cm³/mol. The van der Waals surface area contributed by atoms with Gasteiger partial charge >= 0.3 is 5.97 Å². The van der Waals surface area contributed by atoms with Crippen molar-refractivity contribution in [1.82, 2.24) is 5.32 Å². The summed E-state index contributed by atoms with van der Waals surface area (Å²) >= 11 is 0. The molecule has 0 spiro atoms. The second-order valence-electron chi connectivity index (χ2n) is 7.20. The van der Waals surface area contributed by atoms with Crippen LogP contribution in [0.2, 0.25) is 0 Å². The van der Waals surface area contributed by atoms with Crippen molar-refractivity contribution in [3.8, 4) is 5.75 Å². The van der Waals surface area contributed by atoms with Crippen molar-refractivity contribution in [2.75, 3.05) is 7.11 Å². The monoisotopic (exact) mass is 347 g/mol. The van der Waals surface area contributed by atoms with Crippen LogP contribution in [-0.4, -0.2) is 29.6 Å². The molecule has 25 heavy (non-hydrogen) atoms. The second kappa shape index (κ2) is 7.89. The number of aliphatic carboxylic acids is 1. The first-order valence-electron chi connectivity index (χ1n) is 8.99. The molecule has 1 aromatic rings. The highest BCUT2D eigenvalue weighted by molar-refractivity contribution is 5.88. The summed E-state index contributed by atoms with van der Waals surface area (Å²) in [4.78, 5) is 24.4. The highest BCUT2D eigenvalue weighted by atomic mass is 16.5. The summed E-state index contributed by atoms with van der Waals surface area (Å²) in [6, 6.07) is 3.80. The van der Waals surface area contributed by atoms with E-state index in [1.54, 1.807) is 7.11 Å². The van der Waals surface area contributed by atoms with Crippen LogP contribution in [0.5, 0.6) is 5.75 Å². The summed E-state index contributed by atoms with van der Waals surface area (Å²) in [5, 5.41) is 12.5. The number of aryl methyl sites for hydroxylation is 2. The lowest BCUT2D eigenvalue weighted by Gasteiger charge is -2.37. The number of amides is 1. The molecule has 1 fully saturated rings. The number of carbonyl (C=O) groups excluding carboxylic acids is 1. The van der Waals surface area contributed by atoms with Crippen LogP contribution in [0.3, 0.4) is 0 Å². The number of carboxylic acid groups (broad SMARTS) is 1. The van der Waals surface area contributed by atoms with Crippen LogP contribution in [0.15, 0.2) is 12.1 Å². The van der Waals surface area contributed by atoms with Gasteiger partial charge in [-0.05, 0) is 74.3 Å². The van der Waals surface area contributed by atoms with Gasteiger partial charge in [0.15, 0.2) is 0 Å². The Kier molecular flexibility index (Phi) is 6.09. The third-order valence-electron chi connectivity index (χ3n) is 5.57. The Bertz CT molecular complexity index is 622. The van der Waals surface area contributed by atoms with Crippen molar-refractivity contribution >= 4 is 11.9 Å². The minimum Gasteiger partial charge on any atom is -0.497 e. The summed E-state index contributed by atoms with van der Waals surface area (Å²) in [5.41, 5.74) is 1.77. The molecule has 0 heterocycles. The van der Waals surface area contributed by atoms with E-state index in [-0.39, 0.29) is 12.3 Å². The van der Waals surface area contributed by atoms with Gasteiger partial charge in [0.25, 0.3) is 0 Å². The Labute approximate surface area is 149 Å². The molecule has 1 saturated carbocycles. The minimum atomic E-state index is -1.11. The molecule has 2 rings (SSSR count). The number of benzene rings is 1. The van der Waals surface area contributed by atoms with E-state index >= 15 is 0 Å². The third kappa shape index (κ3) is 4.33. The van der Waals surface area contributed by atoms with E-state index in [2.05, 4.69) is 12.2 Å². The summed E-state index contributed by atoms with van der Waals surface area (Å²) in [7, 11) is 1.61. The molecule has 0 saturated heterocycles. The van der Waals surface area contributed by atoms with Crippen molar-refractivity contribution in [2.24, 2.45) is 5.92 Å². The zero-order valence-electron chi connectivity index (χ0n) is 15.6. The average molecular weight is 347 g/mol. The highest BCUT2D eigenvalue weighted by Crippen LogP contribution is 2.34. The molecular formula is C20H29NO4. The molecule has 5 heteroatoms. The molecule has 0 aromatic heterocycles. The van der Waals surface area contributed by atoms with Gasteiger partial charge in [-0.1, -0.05) is 13.3 Å². The molecule has 0 atom stereocenters. The first-order chi connectivity index (χ1) is 11.8. The Hall–Kier alpha value is -2.04.